The van der Waals surface area contributed by atoms with Gasteiger partial charge in [0.25, 0.3) is 0 Å². The molecule has 0 radical (unpaired) electrons. The molecule has 1 aromatic carbocycles. The normalized spacial score (nSPS) is 10.2. The Kier molecular flexibility index (Phi) is 9.28. The Labute approximate surface area is 147 Å². The molecule has 0 aliphatic heterocycles. The second-order valence-electron chi connectivity index (χ2n) is 5.41. The van der Waals surface area contributed by atoms with E-state index in [1.165, 1.54) is 0 Å². The van der Waals surface area contributed by atoms with E-state index in [1.807, 2.05) is 17.0 Å². The quantitative estimate of drug-likeness (QED) is 0.344. The van der Waals surface area contributed by atoms with Crippen molar-refractivity contribution in [3.63, 3.8) is 0 Å². The number of hydrogen-bond acceptors (Lipinski definition) is 7. The highest BCUT2D eigenvalue weighted by molar-refractivity contribution is 5.86. The maximum absolute atomic E-state index is 11.8. The Hall–Kier alpha value is -2.38. The second-order valence-corrected chi connectivity index (χ2v) is 5.41. The van der Waals surface area contributed by atoms with Gasteiger partial charge in [-0.15, -0.1) is 0 Å². The lowest BCUT2D eigenvalue weighted by Gasteiger charge is -2.23. The number of benzene rings is 1. The van der Waals surface area contributed by atoms with Crippen molar-refractivity contribution in [2.75, 3.05) is 44.4 Å². The fraction of sp³-hybridized carbons (Fsp3) is 0.444. The van der Waals surface area contributed by atoms with Crippen molar-refractivity contribution in [1.29, 1.82) is 0 Å². The number of ether oxygens (including phenoxy) is 2. The smallest absolute Gasteiger partial charge is 0.333 e. The van der Waals surface area contributed by atoms with Crippen LogP contribution in [0.15, 0.2) is 36.4 Å². The van der Waals surface area contributed by atoms with E-state index in [0.29, 0.717) is 18.7 Å². The van der Waals surface area contributed by atoms with Crippen molar-refractivity contribution in [2.45, 2.75) is 13.3 Å². The molecule has 1 rings (SSSR count). The Morgan fingerprint density at radius 1 is 1.04 bits per heavy atom. The lowest BCUT2D eigenvalue weighted by molar-refractivity contribution is -0.149. The van der Waals surface area contributed by atoms with Gasteiger partial charge in [0.1, 0.15) is 13.2 Å². The molecule has 0 aliphatic carbocycles. The molecule has 25 heavy (non-hydrogen) atoms. The minimum atomic E-state index is -0.512. The number of aliphatic hydroxyl groups excluding tert-OH is 2. The molecule has 7 nitrogen and oxygen atoms in total. The molecule has 1 aromatic rings. The number of aliphatic hydroxyl groups is 2. The van der Waals surface area contributed by atoms with Crippen molar-refractivity contribution in [3.05, 3.63) is 42.0 Å². The van der Waals surface area contributed by atoms with Gasteiger partial charge in [-0.05, 0) is 24.6 Å². The van der Waals surface area contributed by atoms with E-state index < -0.39 is 11.9 Å². The number of rotatable bonds is 11. The van der Waals surface area contributed by atoms with E-state index in [4.69, 9.17) is 19.7 Å². The van der Waals surface area contributed by atoms with E-state index in [9.17, 15) is 9.59 Å². The summed E-state index contributed by atoms with van der Waals surface area (Å²) in [5.41, 5.74) is 1.93. The molecule has 2 N–H and O–H groups in total. The first-order chi connectivity index (χ1) is 12.0. The minimum absolute atomic E-state index is 0.00326. The van der Waals surface area contributed by atoms with Gasteiger partial charge in [-0.3, -0.25) is 4.79 Å². The fourth-order valence-corrected chi connectivity index (χ4v) is 2.07. The van der Waals surface area contributed by atoms with Crippen LogP contribution in [0.2, 0.25) is 0 Å². The van der Waals surface area contributed by atoms with E-state index >= 15 is 0 Å². The lowest BCUT2D eigenvalue weighted by Crippen LogP contribution is -2.29. The molecule has 0 saturated carbocycles. The summed E-state index contributed by atoms with van der Waals surface area (Å²) >= 11 is 0. The van der Waals surface area contributed by atoms with Crippen LogP contribution < -0.4 is 4.90 Å². The first-order valence-corrected chi connectivity index (χ1v) is 8.01. The number of anilines is 1. The average Bonchev–Trinajstić information content (AvgIpc) is 2.59. The van der Waals surface area contributed by atoms with Crippen molar-refractivity contribution in [3.8, 4) is 0 Å². The third kappa shape index (κ3) is 7.82. The van der Waals surface area contributed by atoms with Crippen LogP contribution in [-0.4, -0.2) is 61.7 Å². The third-order valence-electron chi connectivity index (χ3n) is 3.32. The van der Waals surface area contributed by atoms with Crippen LogP contribution in [0.3, 0.4) is 0 Å². The van der Waals surface area contributed by atoms with Gasteiger partial charge < -0.3 is 24.6 Å². The predicted octanol–water partition coefficient (Wildman–Crippen LogP) is 0.683. The second kappa shape index (κ2) is 11.2. The van der Waals surface area contributed by atoms with Gasteiger partial charge in [-0.25, -0.2) is 4.79 Å². The number of carbonyl (C=O) groups is 2. The van der Waals surface area contributed by atoms with Gasteiger partial charge in [0, 0.05) is 24.4 Å². The van der Waals surface area contributed by atoms with Crippen LogP contribution in [0.1, 0.15) is 12.5 Å². The Morgan fingerprint density at radius 2 is 1.60 bits per heavy atom. The number of carbonyl (C=O) groups excluding carboxylic acids is 2. The SMILES string of the molecule is C=C(C)C(=O)OCCOC(=O)Cc1ccc(N(CCO)CCO)cc1. The molecule has 0 saturated heterocycles. The Bertz CT molecular complexity index is 563. The average molecular weight is 351 g/mol. The highest BCUT2D eigenvalue weighted by atomic mass is 16.6. The van der Waals surface area contributed by atoms with E-state index in [1.54, 1.807) is 19.1 Å². The van der Waals surface area contributed by atoms with Crippen LogP contribution in [-0.2, 0) is 25.5 Å². The molecule has 7 heteroatoms. The van der Waals surface area contributed by atoms with Crippen molar-refractivity contribution < 1.29 is 29.3 Å². The molecular weight excluding hydrogens is 326 g/mol. The van der Waals surface area contributed by atoms with Crippen LogP contribution in [0, 0.1) is 0 Å². The zero-order valence-corrected chi connectivity index (χ0v) is 14.4. The molecule has 0 heterocycles. The summed E-state index contributed by atoms with van der Waals surface area (Å²) < 4.78 is 9.84. The van der Waals surface area contributed by atoms with Crippen molar-refractivity contribution in [1.82, 2.24) is 0 Å². The largest absolute Gasteiger partial charge is 0.462 e. The molecule has 0 unspecified atom stereocenters. The topological polar surface area (TPSA) is 96.3 Å². The van der Waals surface area contributed by atoms with Crippen LogP contribution in [0.4, 0.5) is 5.69 Å². The van der Waals surface area contributed by atoms with Gasteiger partial charge in [0.2, 0.25) is 0 Å². The molecular formula is C18H25NO6. The number of hydrogen-bond donors (Lipinski definition) is 2. The highest BCUT2D eigenvalue weighted by Crippen LogP contribution is 2.15. The maximum Gasteiger partial charge on any atom is 0.333 e. The number of nitrogens with zero attached hydrogens (tertiary/aromatic N) is 1. The zero-order valence-electron chi connectivity index (χ0n) is 14.4. The van der Waals surface area contributed by atoms with Crippen LogP contribution in [0.25, 0.3) is 0 Å². The van der Waals surface area contributed by atoms with E-state index in [2.05, 4.69) is 6.58 Å². The molecule has 0 fully saturated rings. The molecule has 0 spiro atoms. The van der Waals surface area contributed by atoms with Crippen LogP contribution >= 0.6 is 0 Å². The molecule has 0 aromatic heterocycles. The summed E-state index contributed by atoms with van der Waals surface area (Å²) in [5.74, 6) is -0.927. The van der Waals surface area contributed by atoms with E-state index in [-0.39, 0.29) is 32.8 Å². The summed E-state index contributed by atoms with van der Waals surface area (Å²) in [6.07, 6.45) is 0.106. The first kappa shape index (κ1) is 20.7. The summed E-state index contributed by atoms with van der Waals surface area (Å²) in [6, 6.07) is 7.23. The Balaban J connectivity index is 2.42. The monoisotopic (exact) mass is 351 g/mol. The van der Waals surface area contributed by atoms with Gasteiger partial charge in [-0.1, -0.05) is 18.7 Å². The first-order valence-electron chi connectivity index (χ1n) is 8.01. The van der Waals surface area contributed by atoms with Gasteiger partial charge in [0.05, 0.1) is 19.6 Å². The molecule has 138 valence electrons. The lowest BCUT2D eigenvalue weighted by atomic mass is 10.1. The van der Waals surface area contributed by atoms with E-state index in [0.717, 1.165) is 11.3 Å². The Morgan fingerprint density at radius 3 is 2.12 bits per heavy atom. The third-order valence-corrected chi connectivity index (χ3v) is 3.32. The van der Waals surface area contributed by atoms with Crippen molar-refractivity contribution in [2.24, 2.45) is 0 Å². The number of esters is 2. The van der Waals surface area contributed by atoms with Gasteiger partial charge in [-0.2, -0.15) is 0 Å². The maximum atomic E-state index is 11.8. The summed E-state index contributed by atoms with van der Waals surface area (Å²) in [6.45, 7) is 5.81. The highest BCUT2D eigenvalue weighted by Gasteiger charge is 2.09. The summed E-state index contributed by atoms with van der Waals surface area (Å²) in [7, 11) is 0. The molecule has 0 atom stereocenters. The predicted molar refractivity (Wildman–Crippen MR) is 93.3 cm³/mol. The minimum Gasteiger partial charge on any atom is -0.462 e. The molecule has 0 bridgehead atoms. The van der Waals surface area contributed by atoms with Gasteiger partial charge in [0.15, 0.2) is 0 Å². The standard InChI is InChI=1S/C18H25NO6/c1-14(2)18(23)25-12-11-24-17(22)13-15-3-5-16(6-4-15)19(7-9-20)8-10-21/h3-6,20-21H,1,7-13H2,2H3. The fourth-order valence-electron chi connectivity index (χ4n) is 2.07. The zero-order chi connectivity index (χ0) is 18.7. The summed E-state index contributed by atoms with van der Waals surface area (Å²) in [5, 5.41) is 18.1. The van der Waals surface area contributed by atoms with Gasteiger partial charge >= 0.3 is 11.9 Å². The molecule has 0 amide bonds. The summed E-state index contributed by atoms with van der Waals surface area (Å²) in [4.78, 5) is 24.8. The van der Waals surface area contributed by atoms with Crippen molar-refractivity contribution >= 4 is 17.6 Å². The molecule has 0 aliphatic rings. The van der Waals surface area contributed by atoms with Crippen LogP contribution in [0.5, 0.6) is 0 Å².